The highest BCUT2D eigenvalue weighted by Crippen LogP contribution is 2.47. The highest BCUT2D eigenvalue weighted by molar-refractivity contribution is 5.78. The van der Waals surface area contributed by atoms with Crippen LogP contribution in [0.15, 0.2) is 24.3 Å². The van der Waals surface area contributed by atoms with Gasteiger partial charge in [0.2, 0.25) is 0 Å². The normalized spacial score (nSPS) is 36.0. The third-order valence-corrected chi connectivity index (χ3v) is 6.90. The highest BCUT2D eigenvalue weighted by atomic mass is 16.5. The third kappa shape index (κ3) is 3.29. The van der Waals surface area contributed by atoms with Crippen LogP contribution in [-0.4, -0.2) is 47.3 Å². The summed E-state index contributed by atoms with van der Waals surface area (Å²) in [4.78, 5) is 14.3. The van der Waals surface area contributed by atoms with Crippen LogP contribution in [0, 0.1) is 18.8 Å². The number of carbonyl (C=O) groups is 1. The molecule has 2 heterocycles. The number of piperidine rings is 1. The largest absolute Gasteiger partial charge is 0.479 e. The highest BCUT2D eigenvalue weighted by Gasteiger charge is 2.54. The molecule has 2 aliphatic heterocycles. The minimum Gasteiger partial charge on any atom is -0.479 e. The third-order valence-electron chi connectivity index (χ3n) is 6.90. The molecule has 2 saturated heterocycles. The number of benzene rings is 1. The lowest BCUT2D eigenvalue weighted by Gasteiger charge is -2.45. The van der Waals surface area contributed by atoms with Gasteiger partial charge in [0.1, 0.15) is 0 Å². The van der Waals surface area contributed by atoms with Gasteiger partial charge in [-0.3, -0.25) is 4.90 Å². The van der Waals surface area contributed by atoms with Crippen molar-refractivity contribution in [2.45, 2.75) is 63.5 Å². The fraction of sp³-hybridized carbons (Fsp3) is 0.682. The number of hydrogen-bond donors (Lipinski definition) is 1. The number of hydrogen-bond acceptors (Lipinski definition) is 3. The van der Waals surface area contributed by atoms with Crippen LogP contribution in [0.5, 0.6) is 0 Å². The molecular weight excluding hydrogens is 326 g/mol. The van der Waals surface area contributed by atoms with Gasteiger partial charge >= 0.3 is 5.97 Å². The van der Waals surface area contributed by atoms with Crippen LogP contribution in [0.1, 0.15) is 56.1 Å². The lowest BCUT2D eigenvalue weighted by molar-refractivity contribution is -0.183. The van der Waals surface area contributed by atoms with E-state index in [1.165, 1.54) is 17.5 Å². The Labute approximate surface area is 156 Å². The molecule has 4 heteroatoms. The van der Waals surface area contributed by atoms with Crippen molar-refractivity contribution in [3.8, 4) is 0 Å². The fourth-order valence-electron chi connectivity index (χ4n) is 5.19. The molecule has 142 valence electrons. The van der Waals surface area contributed by atoms with Crippen LogP contribution >= 0.6 is 0 Å². The summed E-state index contributed by atoms with van der Waals surface area (Å²) in [5.74, 6) is 0.734. The van der Waals surface area contributed by atoms with Crippen molar-refractivity contribution in [1.29, 1.82) is 0 Å². The van der Waals surface area contributed by atoms with E-state index in [1.54, 1.807) is 0 Å². The molecule has 1 aromatic rings. The second-order valence-corrected chi connectivity index (χ2v) is 8.75. The summed E-state index contributed by atoms with van der Waals surface area (Å²) >= 11 is 0. The zero-order valence-corrected chi connectivity index (χ0v) is 16.0. The molecule has 4 rings (SSSR count). The van der Waals surface area contributed by atoms with E-state index < -0.39 is 11.6 Å². The zero-order chi connectivity index (χ0) is 18.3. The Morgan fingerprint density at radius 3 is 2.65 bits per heavy atom. The van der Waals surface area contributed by atoms with Gasteiger partial charge in [-0.2, -0.15) is 0 Å². The van der Waals surface area contributed by atoms with Crippen LogP contribution in [0.3, 0.4) is 0 Å². The Morgan fingerprint density at radius 1 is 1.27 bits per heavy atom. The molecule has 0 bridgehead atoms. The van der Waals surface area contributed by atoms with E-state index in [-0.39, 0.29) is 5.92 Å². The van der Waals surface area contributed by atoms with E-state index in [4.69, 9.17) is 4.74 Å². The summed E-state index contributed by atoms with van der Waals surface area (Å²) in [5, 5.41) is 9.68. The van der Waals surface area contributed by atoms with Crippen molar-refractivity contribution in [1.82, 2.24) is 4.90 Å². The Bertz CT molecular complexity index is 661. The number of ether oxygens (including phenoxy) is 1. The number of carboxylic acid groups (broad SMARTS) is 1. The van der Waals surface area contributed by atoms with Crippen molar-refractivity contribution in [3.05, 3.63) is 35.4 Å². The topological polar surface area (TPSA) is 49.8 Å². The van der Waals surface area contributed by atoms with Crippen molar-refractivity contribution in [2.75, 3.05) is 19.7 Å². The number of aliphatic carboxylic acids is 1. The van der Waals surface area contributed by atoms with Crippen molar-refractivity contribution in [3.63, 3.8) is 0 Å². The standard InChI is InChI=1S/C22H31NO3/c1-15-4-3-5-17(12-15)20-9-11-23(13-16(20)2)19-8-10-22(21(24)25,26-14-19)18-6-7-18/h3-5,12,16,18-20H,6-11,13-14H2,1-2H3,(H,24,25)/t16-,19+,20-,22-/m0/s1. The molecule has 1 aromatic carbocycles. The zero-order valence-electron chi connectivity index (χ0n) is 16.0. The molecule has 1 aliphatic carbocycles. The first-order chi connectivity index (χ1) is 12.5. The van der Waals surface area contributed by atoms with E-state index in [2.05, 4.69) is 43.0 Å². The summed E-state index contributed by atoms with van der Waals surface area (Å²) in [5.41, 5.74) is 1.92. The van der Waals surface area contributed by atoms with E-state index in [9.17, 15) is 9.90 Å². The predicted molar refractivity (Wildman–Crippen MR) is 101 cm³/mol. The maximum absolute atomic E-state index is 11.8. The van der Waals surface area contributed by atoms with Crippen LogP contribution in [-0.2, 0) is 9.53 Å². The lowest BCUT2D eigenvalue weighted by Crippen LogP contribution is -2.55. The minimum absolute atomic E-state index is 0.243. The first-order valence-electron chi connectivity index (χ1n) is 10.2. The van der Waals surface area contributed by atoms with Gasteiger partial charge in [0.15, 0.2) is 5.60 Å². The number of nitrogens with zero attached hydrogens (tertiary/aromatic N) is 1. The predicted octanol–water partition coefficient (Wildman–Crippen LogP) is 3.83. The SMILES string of the molecule is Cc1cccc([C@H]2CCN([C@@H]3CC[C@@](C(=O)O)(C4CC4)OC3)C[C@@H]2C)c1. The van der Waals surface area contributed by atoms with Gasteiger partial charge in [-0.05, 0) is 68.9 Å². The summed E-state index contributed by atoms with van der Waals surface area (Å²) < 4.78 is 6.04. The minimum atomic E-state index is -0.887. The average Bonchev–Trinajstić information content (AvgIpc) is 3.47. The first-order valence-corrected chi connectivity index (χ1v) is 10.2. The van der Waals surface area contributed by atoms with Crippen LogP contribution in [0.2, 0.25) is 0 Å². The molecule has 3 aliphatic rings. The van der Waals surface area contributed by atoms with Gasteiger partial charge in [-0.25, -0.2) is 4.79 Å². The number of aryl methyl sites for hydroxylation is 1. The molecule has 4 nitrogen and oxygen atoms in total. The quantitative estimate of drug-likeness (QED) is 0.890. The van der Waals surface area contributed by atoms with Gasteiger partial charge in [0, 0.05) is 12.6 Å². The smallest absolute Gasteiger partial charge is 0.336 e. The fourth-order valence-corrected chi connectivity index (χ4v) is 5.19. The Balaban J connectivity index is 1.37. The molecule has 1 N–H and O–H groups in total. The van der Waals surface area contributed by atoms with E-state index in [1.807, 2.05) is 0 Å². The van der Waals surface area contributed by atoms with Gasteiger partial charge in [0.05, 0.1) is 6.61 Å². The Morgan fingerprint density at radius 2 is 2.08 bits per heavy atom. The maximum atomic E-state index is 11.8. The van der Waals surface area contributed by atoms with E-state index >= 15 is 0 Å². The van der Waals surface area contributed by atoms with Crippen LogP contribution in [0.4, 0.5) is 0 Å². The number of carboxylic acids is 1. The first kappa shape index (κ1) is 18.0. The number of rotatable bonds is 4. The lowest BCUT2D eigenvalue weighted by atomic mass is 9.80. The second-order valence-electron chi connectivity index (χ2n) is 8.75. The summed E-state index contributed by atoms with van der Waals surface area (Å²) in [6.07, 6.45) is 4.81. The average molecular weight is 357 g/mol. The summed E-state index contributed by atoms with van der Waals surface area (Å²) in [7, 11) is 0. The molecule has 0 unspecified atom stereocenters. The van der Waals surface area contributed by atoms with E-state index in [0.29, 0.717) is 30.9 Å². The van der Waals surface area contributed by atoms with Crippen molar-refractivity contribution in [2.24, 2.45) is 11.8 Å². The van der Waals surface area contributed by atoms with E-state index in [0.717, 1.165) is 32.4 Å². The van der Waals surface area contributed by atoms with Crippen LogP contribution < -0.4 is 0 Å². The second kappa shape index (κ2) is 6.97. The molecule has 1 saturated carbocycles. The maximum Gasteiger partial charge on any atom is 0.336 e. The van der Waals surface area contributed by atoms with Crippen LogP contribution in [0.25, 0.3) is 0 Å². The molecule has 0 radical (unpaired) electrons. The van der Waals surface area contributed by atoms with Gasteiger partial charge in [0.25, 0.3) is 0 Å². The molecule has 0 aromatic heterocycles. The number of likely N-dealkylation sites (tertiary alicyclic amines) is 1. The van der Waals surface area contributed by atoms with Crippen molar-refractivity contribution < 1.29 is 14.6 Å². The molecule has 3 fully saturated rings. The molecule has 26 heavy (non-hydrogen) atoms. The Hall–Kier alpha value is -1.39. The van der Waals surface area contributed by atoms with Gasteiger partial charge in [-0.1, -0.05) is 36.8 Å². The molecule has 0 spiro atoms. The van der Waals surface area contributed by atoms with Crippen molar-refractivity contribution >= 4 is 5.97 Å². The Kier molecular flexibility index (Phi) is 4.83. The van der Waals surface area contributed by atoms with Gasteiger partial charge < -0.3 is 9.84 Å². The summed E-state index contributed by atoms with van der Waals surface area (Å²) in [6, 6.07) is 9.31. The molecule has 4 atom stereocenters. The molecule has 0 amide bonds. The summed E-state index contributed by atoms with van der Waals surface area (Å²) in [6.45, 7) is 7.26. The monoisotopic (exact) mass is 357 g/mol. The molecular formula is C22H31NO3. The van der Waals surface area contributed by atoms with Gasteiger partial charge in [-0.15, -0.1) is 0 Å².